The highest BCUT2D eigenvalue weighted by molar-refractivity contribution is 5.66. The van der Waals surface area contributed by atoms with E-state index in [1.54, 1.807) is 0 Å². The van der Waals surface area contributed by atoms with Crippen molar-refractivity contribution in [2.45, 2.75) is 46.0 Å². The molecule has 0 saturated heterocycles. The molecule has 0 aromatic heterocycles. The second kappa shape index (κ2) is 6.20. The molecule has 0 radical (unpaired) electrons. The van der Waals surface area contributed by atoms with Gasteiger partial charge in [-0.15, -0.1) is 0 Å². The van der Waals surface area contributed by atoms with Crippen LogP contribution in [0.1, 0.15) is 46.0 Å². The van der Waals surface area contributed by atoms with Crippen molar-refractivity contribution in [1.29, 1.82) is 0 Å². The molecule has 1 unspecified atom stereocenters. The van der Waals surface area contributed by atoms with E-state index in [-0.39, 0.29) is 0 Å². The normalized spacial score (nSPS) is 12.9. The Morgan fingerprint density at radius 1 is 1.36 bits per heavy atom. The van der Waals surface area contributed by atoms with Crippen LogP contribution in [0.25, 0.3) is 0 Å². The molecule has 0 rings (SSSR count). The largest absolute Gasteiger partial charge is 0.481 e. The number of rotatable bonds is 6. The summed E-state index contributed by atoms with van der Waals surface area (Å²) in [7, 11) is 0. The smallest absolute Gasteiger partial charge is 0.303 e. The minimum atomic E-state index is -0.667. The van der Waals surface area contributed by atoms with Gasteiger partial charge in [-0.1, -0.05) is 33.1 Å². The number of hydrogen-bond donors (Lipinski definition) is 1. The van der Waals surface area contributed by atoms with E-state index in [0.717, 1.165) is 19.3 Å². The number of aliphatic carboxylic acids is 1. The summed E-state index contributed by atoms with van der Waals surface area (Å²) >= 11 is 0. The van der Waals surface area contributed by atoms with Gasteiger partial charge in [-0.05, 0) is 12.3 Å². The fourth-order valence-corrected chi connectivity index (χ4v) is 1.29. The van der Waals surface area contributed by atoms with Gasteiger partial charge in [0, 0.05) is 6.42 Å². The van der Waals surface area contributed by atoms with Gasteiger partial charge in [-0.3, -0.25) is 4.79 Å². The average molecular weight is 158 g/mol. The minimum absolute atomic E-state index is 0.332. The molecule has 66 valence electrons. The Morgan fingerprint density at radius 3 is 2.36 bits per heavy atom. The van der Waals surface area contributed by atoms with Crippen LogP contribution in [0.3, 0.4) is 0 Å². The maximum atomic E-state index is 10.2. The van der Waals surface area contributed by atoms with Crippen LogP contribution in [-0.2, 0) is 4.79 Å². The van der Waals surface area contributed by atoms with Crippen molar-refractivity contribution in [3.63, 3.8) is 0 Å². The first-order chi connectivity index (χ1) is 5.20. The Kier molecular flexibility index (Phi) is 5.90. The zero-order valence-electron chi connectivity index (χ0n) is 7.47. The lowest BCUT2D eigenvalue weighted by atomic mass is 9.95. The predicted molar refractivity (Wildman–Crippen MR) is 45.6 cm³/mol. The monoisotopic (exact) mass is 158 g/mol. The molecule has 1 atom stereocenters. The van der Waals surface area contributed by atoms with E-state index >= 15 is 0 Å². The van der Waals surface area contributed by atoms with Crippen molar-refractivity contribution in [1.82, 2.24) is 0 Å². The quantitative estimate of drug-likeness (QED) is 0.645. The fourth-order valence-electron chi connectivity index (χ4n) is 1.29. The van der Waals surface area contributed by atoms with E-state index in [1.165, 1.54) is 6.42 Å². The zero-order valence-corrected chi connectivity index (χ0v) is 7.47. The SMILES string of the molecule is CCCC(CC)CCC(=O)O. The van der Waals surface area contributed by atoms with Crippen LogP contribution in [0.2, 0.25) is 0 Å². The lowest BCUT2D eigenvalue weighted by Crippen LogP contribution is -2.03. The molecule has 1 N–H and O–H groups in total. The molecule has 0 saturated carbocycles. The second-order valence-corrected chi connectivity index (χ2v) is 3.00. The molecule has 0 aliphatic heterocycles. The van der Waals surface area contributed by atoms with E-state index in [4.69, 9.17) is 5.11 Å². The Morgan fingerprint density at radius 2 is 2.00 bits per heavy atom. The first-order valence-electron chi connectivity index (χ1n) is 4.42. The molecule has 0 spiro atoms. The van der Waals surface area contributed by atoms with Crippen molar-refractivity contribution >= 4 is 5.97 Å². The number of hydrogen-bond acceptors (Lipinski definition) is 1. The number of carboxylic acids is 1. The van der Waals surface area contributed by atoms with Crippen LogP contribution in [0.15, 0.2) is 0 Å². The van der Waals surface area contributed by atoms with E-state index in [1.807, 2.05) is 0 Å². The lowest BCUT2D eigenvalue weighted by Gasteiger charge is -2.10. The van der Waals surface area contributed by atoms with Gasteiger partial charge in [0.2, 0.25) is 0 Å². The molecule has 0 fully saturated rings. The molecule has 0 aliphatic carbocycles. The van der Waals surface area contributed by atoms with E-state index < -0.39 is 5.97 Å². The predicted octanol–water partition coefficient (Wildman–Crippen LogP) is 2.68. The summed E-state index contributed by atoms with van der Waals surface area (Å²) in [6, 6.07) is 0. The van der Waals surface area contributed by atoms with Crippen LogP contribution in [0.5, 0.6) is 0 Å². The summed E-state index contributed by atoms with van der Waals surface area (Å²) in [4.78, 5) is 10.2. The lowest BCUT2D eigenvalue weighted by molar-refractivity contribution is -0.137. The van der Waals surface area contributed by atoms with Crippen LogP contribution in [0, 0.1) is 5.92 Å². The van der Waals surface area contributed by atoms with Crippen LogP contribution in [-0.4, -0.2) is 11.1 Å². The van der Waals surface area contributed by atoms with Crippen molar-refractivity contribution in [2.75, 3.05) is 0 Å². The Hall–Kier alpha value is -0.530. The number of carboxylic acid groups (broad SMARTS) is 1. The second-order valence-electron chi connectivity index (χ2n) is 3.00. The first kappa shape index (κ1) is 10.5. The summed E-state index contributed by atoms with van der Waals surface area (Å²) in [5, 5.41) is 8.43. The Labute approximate surface area is 68.6 Å². The fraction of sp³-hybridized carbons (Fsp3) is 0.889. The number of carbonyl (C=O) groups is 1. The molecule has 0 aliphatic rings. The Balaban J connectivity index is 3.43. The van der Waals surface area contributed by atoms with Crippen LogP contribution < -0.4 is 0 Å². The van der Waals surface area contributed by atoms with Gasteiger partial charge in [0.1, 0.15) is 0 Å². The van der Waals surface area contributed by atoms with Gasteiger partial charge in [0.05, 0.1) is 0 Å². The summed E-state index contributed by atoms with van der Waals surface area (Å²) in [6.07, 6.45) is 4.63. The molecule has 0 heterocycles. The van der Waals surface area contributed by atoms with Crippen LogP contribution in [0.4, 0.5) is 0 Å². The van der Waals surface area contributed by atoms with Crippen molar-refractivity contribution < 1.29 is 9.90 Å². The van der Waals surface area contributed by atoms with Gasteiger partial charge < -0.3 is 5.11 Å². The third kappa shape index (κ3) is 5.89. The van der Waals surface area contributed by atoms with Gasteiger partial charge in [0.25, 0.3) is 0 Å². The molecular formula is C9H18O2. The van der Waals surface area contributed by atoms with Gasteiger partial charge in [-0.25, -0.2) is 0 Å². The standard InChI is InChI=1S/C9H18O2/c1-3-5-8(4-2)6-7-9(10)11/h8H,3-7H2,1-2H3,(H,10,11). The van der Waals surface area contributed by atoms with Gasteiger partial charge in [0.15, 0.2) is 0 Å². The maximum Gasteiger partial charge on any atom is 0.303 e. The molecular weight excluding hydrogens is 140 g/mol. The minimum Gasteiger partial charge on any atom is -0.481 e. The third-order valence-corrected chi connectivity index (χ3v) is 2.04. The molecule has 0 bridgehead atoms. The summed E-state index contributed by atoms with van der Waals surface area (Å²) in [6.45, 7) is 4.27. The summed E-state index contributed by atoms with van der Waals surface area (Å²) in [5.74, 6) is -0.0457. The van der Waals surface area contributed by atoms with E-state index in [0.29, 0.717) is 12.3 Å². The van der Waals surface area contributed by atoms with E-state index in [2.05, 4.69) is 13.8 Å². The van der Waals surface area contributed by atoms with Gasteiger partial charge in [-0.2, -0.15) is 0 Å². The average Bonchev–Trinajstić information content (AvgIpc) is 1.97. The molecule has 11 heavy (non-hydrogen) atoms. The highest BCUT2D eigenvalue weighted by Crippen LogP contribution is 2.16. The van der Waals surface area contributed by atoms with Crippen molar-refractivity contribution in [2.24, 2.45) is 5.92 Å². The van der Waals surface area contributed by atoms with Gasteiger partial charge >= 0.3 is 5.97 Å². The summed E-state index contributed by atoms with van der Waals surface area (Å²) in [5.41, 5.74) is 0. The zero-order chi connectivity index (χ0) is 8.69. The topological polar surface area (TPSA) is 37.3 Å². The molecule has 0 aromatic rings. The van der Waals surface area contributed by atoms with Crippen molar-refractivity contribution in [3.05, 3.63) is 0 Å². The van der Waals surface area contributed by atoms with Crippen molar-refractivity contribution in [3.8, 4) is 0 Å². The molecule has 0 aromatic carbocycles. The first-order valence-corrected chi connectivity index (χ1v) is 4.42. The summed E-state index contributed by atoms with van der Waals surface area (Å²) < 4.78 is 0. The maximum absolute atomic E-state index is 10.2. The van der Waals surface area contributed by atoms with E-state index in [9.17, 15) is 4.79 Å². The molecule has 2 nitrogen and oxygen atoms in total. The highest BCUT2D eigenvalue weighted by Gasteiger charge is 2.06. The third-order valence-electron chi connectivity index (χ3n) is 2.04. The Bertz CT molecular complexity index is 110. The van der Waals surface area contributed by atoms with Crippen LogP contribution >= 0.6 is 0 Å². The molecule has 0 amide bonds. The highest BCUT2D eigenvalue weighted by atomic mass is 16.4. The molecule has 2 heteroatoms.